The number of amides is 1. The first-order chi connectivity index (χ1) is 13.4. The normalized spacial score (nSPS) is 22.6. The van der Waals surface area contributed by atoms with E-state index in [4.69, 9.17) is 4.74 Å². The van der Waals surface area contributed by atoms with Crippen LogP contribution in [0.3, 0.4) is 0 Å². The van der Waals surface area contributed by atoms with E-state index in [2.05, 4.69) is 17.0 Å². The molecule has 2 aliphatic rings. The standard InChI is InChI=1S/C20H31N3O4S/c1-27-18-9-7-17(8-10-18)19-6-4-3-5-11-22(19)16-20(24)21-12-14-23(15-13-21)28(2,25)26/h7-10,19H,3-6,11-16H2,1-2H3/t19-/m1/s1. The molecule has 3 rings (SSSR count). The molecule has 0 saturated carbocycles. The Kier molecular flexibility index (Phi) is 6.95. The fraction of sp³-hybridized carbons (Fsp3) is 0.650. The van der Waals surface area contributed by atoms with Crippen molar-refractivity contribution in [3.8, 4) is 5.75 Å². The van der Waals surface area contributed by atoms with Crippen molar-refractivity contribution in [3.63, 3.8) is 0 Å². The van der Waals surface area contributed by atoms with Gasteiger partial charge in [0.05, 0.1) is 19.9 Å². The number of methoxy groups -OCH3 is 1. The van der Waals surface area contributed by atoms with E-state index in [9.17, 15) is 13.2 Å². The number of piperazine rings is 1. The van der Waals surface area contributed by atoms with Gasteiger partial charge in [0.1, 0.15) is 5.75 Å². The molecule has 1 aromatic rings. The van der Waals surface area contributed by atoms with Crippen molar-refractivity contribution < 1.29 is 17.9 Å². The summed E-state index contributed by atoms with van der Waals surface area (Å²) in [5.41, 5.74) is 1.22. The molecule has 7 nitrogen and oxygen atoms in total. The summed E-state index contributed by atoms with van der Waals surface area (Å²) in [6.07, 6.45) is 5.71. The summed E-state index contributed by atoms with van der Waals surface area (Å²) in [6, 6.07) is 8.37. The first-order valence-electron chi connectivity index (χ1n) is 9.99. The van der Waals surface area contributed by atoms with Gasteiger partial charge in [0.2, 0.25) is 15.9 Å². The highest BCUT2D eigenvalue weighted by Crippen LogP contribution is 2.31. The molecule has 2 heterocycles. The third kappa shape index (κ3) is 5.24. The second kappa shape index (κ2) is 9.24. The first-order valence-corrected chi connectivity index (χ1v) is 11.8. The number of ether oxygens (including phenoxy) is 1. The molecular formula is C20H31N3O4S. The lowest BCUT2D eigenvalue weighted by molar-refractivity contribution is -0.134. The molecule has 0 aromatic heterocycles. The summed E-state index contributed by atoms with van der Waals surface area (Å²) < 4.78 is 30.0. The molecule has 2 aliphatic heterocycles. The quantitative estimate of drug-likeness (QED) is 0.741. The van der Waals surface area contributed by atoms with E-state index < -0.39 is 10.0 Å². The average molecular weight is 410 g/mol. The number of hydrogen-bond donors (Lipinski definition) is 0. The Balaban J connectivity index is 1.65. The highest BCUT2D eigenvalue weighted by Gasteiger charge is 2.29. The highest BCUT2D eigenvalue weighted by atomic mass is 32.2. The van der Waals surface area contributed by atoms with Crippen molar-refractivity contribution >= 4 is 15.9 Å². The van der Waals surface area contributed by atoms with E-state index in [0.29, 0.717) is 32.7 Å². The molecule has 8 heteroatoms. The van der Waals surface area contributed by atoms with Gasteiger partial charge in [-0.25, -0.2) is 8.42 Å². The minimum Gasteiger partial charge on any atom is -0.497 e. The number of likely N-dealkylation sites (tertiary alicyclic amines) is 1. The minimum atomic E-state index is -3.18. The van der Waals surface area contributed by atoms with Crippen LogP contribution in [0.25, 0.3) is 0 Å². The zero-order valence-electron chi connectivity index (χ0n) is 16.8. The van der Waals surface area contributed by atoms with Crippen LogP contribution < -0.4 is 4.74 Å². The number of nitrogens with zero attached hydrogens (tertiary/aromatic N) is 3. The minimum absolute atomic E-state index is 0.0913. The fourth-order valence-electron chi connectivity index (χ4n) is 4.10. The van der Waals surface area contributed by atoms with Crippen molar-refractivity contribution in [2.24, 2.45) is 0 Å². The molecule has 0 bridgehead atoms. The van der Waals surface area contributed by atoms with E-state index in [-0.39, 0.29) is 11.9 Å². The summed E-state index contributed by atoms with van der Waals surface area (Å²) in [5, 5.41) is 0. The first kappa shape index (κ1) is 21.1. The molecule has 0 aliphatic carbocycles. The Hall–Kier alpha value is -1.64. The molecule has 1 aromatic carbocycles. The molecule has 1 amide bonds. The van der Waals surface area contributed by atoms with Crippen LogP contribution >= 0.6 is 0 Å². The molecule has 156 valence electrons. The van der Waals surface area contributed by atoms with Gasteiger partial charge in [-0.2, -0.15) is 4.31 Å². The van der Waals surface area contributed by atoms with E-state index in [0.717, 1.165) is 31.6 Å². The third-order valence-electron chi connectivity index (χ3n) is 5.76. The van der Waals surface area contributed by atoms with Crippen LogP contribution in [-0.4, -0.2) is 81.1 Å². The van der Waals surface area contributed by atoms with Crippen LogP contribution in [-0.2, 0) is 14.8 Å². The van der Waals surface area contributed by atoms with Crippen LogP contribution in [0.2, 0.25) is 0 Å². The van der Waals surface area contributed by atoms with Gasteiger partial charge in [0.15, 0.2) is 0 Å². The topological polar surface area (TPSA) is 70.2 Å². The third-order valence-corrected chi connectivity index (χ3v) is 7.07. The summed E-state index contributed by atoms with van der Waals surface area (Å²) in [6.45, 7) is 2.99. The lowest BCUT2D eigenvalue weighted by atomic mass is 10.0. The van der Waals surface area contributed by atoms with Gasteiger partial charge < -0.3 is 9.64 Å². The lowest BCUT2D eigenvalue weighted by Crippen LogP contribution is -2.52. The van der Waals surface area contributed by atoms with Crippen LogP contribution in [0, 0.1) is 0 Å². The monoisotopic (exact) mass is 409 g/mol. The highest BCUT2D eigenvalue weighted by molar-refractivity contribution is 7.88. The number of carbonyl (C=O) groups is 1. The number of carbonyl (C=O) groups excluding carboxylic acids is 1. The lowest BCUT2D eigenvalue weighted by Gasteiger charge is -2.36. The van der Waals surface area contributed by atoms with Crippen molar-refractivity contribution in [3.05, 3.63) is 29.8 Å². The maximum atomic E-state index is 12.9. The van der Waals surface area contributed by atoms with Crippen LogP contribution in [0.4, 0.5) is 0 Å². The summed E-state index contributed by atoms with van der Waals surface area (Å²) in [5.74, 6) is 0.928. The predicted molar refractivity (Wildman–Crippen MR) is 109 cm³/mol. The van der Waals surface area contributed by atoms with Gasteiger partial charge in [-0.15, -0.1) is 0 Å². The second-order valence-electron chi connectivity index (χ2n) is 7.65. The Morgan fingerprint density at radius 3 is 2.32 bits per heavy atom. The van der Waals surface area contributed by atoms with Gasteiger partial charge in [-0.05, 0) is 37.1 Å². The van der Waals surface area contributed by atoms with Gasteiger partial charge in [-0.1, -0.05) is 25.0 Å². The Morgan fingerprint density at radius 2 is 1.71 bits per heavy atom. The van der Waals surface area contributed by atoms with Crippen molar-refractivity contribution in [2.75, 3.05) is 52.6 Å². The molecular weight excluding hydrogens is 378 g/mol. The molecule has 0 radical (unpaired) electrons. The van der Waals surface area contributed by atoms with E-state index in [1.807, 2.05) is 12.1 Å². The summed E-state index contributed by atoms with van der Waals surface area (Å²) in [4.78, 5) is 17.0. The number of rotatable bonds is 5. The zero-order valence-corrected chi connectivity index (χ0v) is 17.7. The summed E-state index contributed by atoms with van der Waals surface area (Å²) in [7, 11) is -1.52. The predicted octanol–water partition coefficient (Wildman–Crippen LogP) is 1.72. The largest absolute Gasteiger partial charge is 0.497 e. The van der Waals surface area contributed by atoms with Gasteiger partial charge in [-0.3, -0.25) is 9.69 Å². The van der Waals surface area contributed by atoms with Crippen LogP contribution in [0.1, 0.15) is 37.3 Å². The number of benzene rings is 1. The van der Waals surface area contributed by atoms with E-state index in [1.165, 1.54) is 22.5 Å². The van der Waals surface area contributed by atoms with E-state index in [1.54, 1.807) is 12.0 Å². The Labute approximate surface area is 168 Å². The number of sulfonamides is 1. The molecule has 0 unspecified atom stereocenters. The number of hydrogen-bond acceptors (Lipinski definition) is 5. The summed E-state index contributed by atoms with van der Waals surface area (Å²) >= 11 is 0. The van der Waals surface area contributed by atoms with Crippen molar-refractivity contribution in [2.45, 2.75) is 31.7 Å². The van der Waals surface area contributed by atoms with Crippen LogP contribution in [0.15, 0.2) is 24.3 Å². The Morgan fingerprint density at radius 1 is 1.04 bits per heavy atom. The fourth-order valence-corrected chi connectivity index (χ4v) is 4.93. The smallest absolute Gasteiger partial charge is 0.236 e. The SMILES string of the molecule is COc1ccc([C@H]2CCCCCN2CC(=O)N2CCN(S(C)(=O)=O)CC2)cc1. The maximum Gasteiger partial charge on any atom is 0.236 e. The van der Waals surface area contributed by atoms with E-state index >= 15 is 0 Å². The second-order valence-corrected chi connectivity index (χ2v) is 9.63. The van der Waals surface area contributed by atoms with Crippen molar-refractivity contribution in [1.82, 2.24) is 14.1 Å². The Bertz CT molecular complexity index is 758. The van der Waals surface area contributed by atoms with Gasteiger partial charge in [0.25, 0.3) is 0 Å². The van der Waals surface area contributed by atoms with Crippen molar-refractivity contribution in [1.29, 1.82) is 0 Å². The maximum absolute atomic E-state index is 12.9. The molecule has 0 N–H and O–H groups in total. The van der Waals surface area contributed by atoms with Gasteiger partial charge >= 0.3 is 0 Å². The molecule has 1 atom stereocenters. The van der Waals surface area contributed by atoms with Gasteiger partial charge in [0, 0.05) is 32.2 Å². The zero-order chi connectivity index (χ0) is 20.1. The molecule has 28 heavy (non-hydrogen) atoms. The molecule has 2 fully saturated rings. The molecule has 2 saturated heterocycles. The molecule has 0 spiro atoms. The van der Waals surface area contributed by atoms with Crippen LogP contribution in [0.5, 0.6) is 5.75 Å². The average Bonchev–Trinajstić information content (AvgIpc) is 2.93.